The summed E-state index contributed by atoms with van der Waals surface area (Å²) < 4.78 is 0. The van der Waals surface area contributed by atoms with E-state index in [4.69, 9.17) is 4.98 Å². The lowest BCUT2D eigenvalue weighted by atomic mass is 10.1. The molecule has 1 aromatic carbocycles. The second-order valence-electron chi connectivity index (χ2n) is 7.97. The molecule has 0 radical (unpaired) electrons. The van der Waals surface area contributed by atoms with E-state index in [0.717, 1.165) is 30.3 Å². The van der Waals surface area contributed by atoms with Gasteiger partial charge < -0.3 is 15.1 Å². The first-order chi connectivity index (χ1) is 13.5. The number of anilines is 3. The van der Waals surface area contributed by atoms with Gasteiger partial charge in [-0.25, -0.2) is 4.98 Å². The van der Waals surface area contributed by atoms with E-state index in [1.807, 2.05) is 6.92 Å². The minimum atomic E-state index is 0.677. The smallest absolute Gasteiger partial charge is 0.229 e. The van der Waals surface area contributed by atoms with Gasteiger partial charge in [-0.15, -0.1) is 0 Å². The molecule has 2 heterocycles. The Hall–Kier alpha value is -2.14. The van der Waals surface area contributed by atoms with Gasteiger partial charge in [-0.3, -0.25) is 0 Å². The van der Waals surface area contributed by atoms with Gasteiger partial charge >= 0.3 is 0 Å². The summed E-state index contributed by atoms with van der Waals surface area (Å²) in [5.41, 5.74) is 4.53. The van der Waals surface area contributed by atoms with Crippen LogP contribution in [-0.4, -0.2) is 47.6 Å². The van der Waals surface area contributed by atoms with Crippen LogP contribution in [0, 0.1) is 20.8 Å². The fourth-order valence-corrected chi connectivity index (χ4v) is 3.95. The van der Waals surface area contributed by atoms with Crippen LogP contribution < -0.4 is 10.2 Å². The van der Waals surface area contributed by atoms with E-state index in [9.17, 15) is 0 Å². The highest BCUT2D eigenvalue weighted by Gasteiger charge is 2.13. The van der Waals surface area contributed by atoms with Gasteiger partial charge in [-0.05, 0) is 78.2 Å². The Morgan fingerprint density at radius 1 is 1.04 bits per heavy atom. The zero-order valence-corrected chi connectivity index (χ0v) is 18.0. The highest BCUT2D eigenvalue weighted by Crippen LogP contribution is 2.22. The van der Waals surface area contributed by atoms with Gasteiger partial charge in [-0.2, -0.15) is 4.98 Å². The van der Waals surface area contributed by atoms with E-state index in [0.29, 0.717) is 5.95 Å². The van der Waals surface area contributed by atoms with Gasteiger partial charge in [0.15, 0.2) is 0 Å². The standard InChI is InChI=1S/C23H35N5/c1-5-28(15-9-14-27-12-7-6-8-13-27)22-17-20(4)24-23(26-22)25-21-11-10-18(2)16-19(21)3/h10-11,16-17H,5-9,12-15H2,1-4H3,(H,24,25,26). The number of nitrogens with zero attached hydrogens (tertiary/aromatic N) is 4. The SMILES string of the molecule is CCN(CCCN1CCCCC1)c1cc(C)nc(Nc2ccc(C)cc2C)n1. The molecule has 28 heavy (non-hydrogen) atoms. The Morgan fingerprint density at radius 2 is 1.82 bits per heavy atom. The van der Waals surface area contributed by atoms with Crippen molar-refractivity contribution >= 4 is 17.5 Å². The van der Waals surface area contributed by atoms with Crippen molar-refractivity contribution in [2.45, 2.75) is 53.4 Å². The van der Waals surface area contributed by atoms with Crippen LogP contribution in [-0.2, 0) is 0 Å². The number of hydrogen-bond acceptors (Lipinski definition) is 5. The number of benzene rings is 1. The van der Waals surface area contributed by atoms with Crippen molar-refractivity contribution in [1.82, 2.24) is 14.9 Å². The highest BCUT2D eigenvalue weighted by molar-refractivity contribution is 5.60. The number of hydrogen-bond donors (Lipinski definition) is 1. The van der Waals surface area contributed by atoms with Crippen LogP contribution in [0.3, 0.4) is 0 Å². The van der Waals surface area contributed by atoms with E-state index >= 15 is 0 Å². The van der Waals surface area contributed by atoms with E-state index in [-0.39, 0.29) is 0 Å². The van der Waals surface area contributed by atoms with E-state index in [1.54, 1.807) is 0 Å². The molecule has 3 rings (SSSR count). The first-order valence-corrected chi connectivity index (χ1v) is 10.7. The van der Waals surface area contributed by atoms with Crippen molar-refractivity contribution in [1.29, 1.82) is 0 Å². The molecule has 0 saturated carbocycles. The molecule has 1 saturated heterocycles. The number of rotatable bonds is 8. The summed E-state index contributed by atoms with van der Waals surface area (Å²) in [4.78, 5) is 14.4. The number of likely N-dealkylation sites (tertiary alicyclic amines) is 1. The third-order valence-corrected chi connectivity index (χ3v) is 5.53. The maximum absolute atomic E-state index is 4.82. The van der Waals surface area contributed by atoms with Crippen molar-refractivity contribution in [3.63, 3.8) is 0 Å². The van der Waals surface area contributed by atoms with Gasteiger partial charge in [0.2, 0.25) is 5.95 Å². The van der Waals surface area contributed by atoms with Crippen LogP contribution in [0.2, 0.25) is 0 Å². The van der Waals surface area contributed by atoms with Crippen LogP contribution in [0.5, 0.6) is 0 Å². The zero-order chi connectivity index (χ0) is 19.9. The molecule has 5 heteroatoms. The Labute approximate surface area is 170 Å². The molecule has 2 aromatic rings. The van der Waals surface area contributed by atoms with Gasteiger partial charge in [0.1, 0.15) is 5.82 Å². The molecule has 152 valence electrons. The minimum absolute atomic E-state index is 0.677. The van der Waals surface area contributed by atoms with Gasteiger partial charge in [0.05, 0.1) is 0 Å². The molecule has 0 bridgehead atoms. The van der Waals surface area contributed by atoms with Crippen LogP contribution in [0.1, 0.15) is 49.4 Å². The fourth-order valence-electron chi connectivity index (χ4n) is 3.95. The molecule has 1 aromatic heterocycles. The summed E-state index contributed by atoms with van der Waals surface area (Å²) in [6, 6.07) is 8.49. The van der Waals surface area contributed by atoms with Crippen molar-refractivity contribution < 1.29 is 0 Å². The lowest BCUT2D eigenvalue weighted by Gasteiger charge is -2.28. The predicted molar refractivity (Wildman–Crippen MR) is 119 cm³/mol. The summed E-state index contributed by atoms with van der Waals surface area (Å²) in [5, 5.41) is 3.41. The molecule has 5 nitrogen and oxygen atoms in total. The molecule has 0 aliphatic carbocycles. The summed E-state index contributed by atoms with van der Waals surface area (Å²) in [6.07, 6.45) is 5.29. The van der Waals surface area contributed by atoms with Crippen molar-refractivity contribution in [2.24, 2.45) is 0 Å². The first kappa shape index (κ1) is 20.6. The summed E-state index contributed by atoms with van der Waals surface area (Å²) in [5.74, 6) is 1.69. The number of piperidine rings is 1. The zero-order valence-electron chi connectivity index (χ0n) is 18.0. The molecule has 0 unspecified atom stereocenters. The monoisotopic (exact) mass is 381 g/mol. The molecule has 0 atom stereocenters. The van der Waals surface area contributed by atoms with Gasteiger partial charge in [0, 0.05) is 30.5 Å². The third-order valence-electron chi connectivity index (χ3n) is 5.53. The Balaban J connectivity index is 1.66. The summed E-state index contributed by atoms with van der Waals surface area (Å²) >= 11 is 0. The normalized spacial score (nSPS) is 14.9. The van der Waals surface area contributed by atoms with Crippen LogP contribution in [0.15, 0.2) is 24.3 Å². The highest BCUT2D eigenvalue weighted by atomic mass is 15.2. The topological polar surface area (TPSA) is 44.3 Å². The molecule has 1 fully saturated rings. The molecular weight excluding hydrogens is 346 g/mol. The lowest BCUT2D eigenvalue weighted by Crippen LogP contribution is -2.33. The molecule has 1 aliphatic rings. The molecule has 1 N–H and O–H groups in total. The van der Waals surface area contributed by atoms with Crippen molar-refractivity contribution in [3.05, 3.63) is 41.1 Å². The first-order valence-electron chi connectivity index (χ1n) is 10.7. The number of nitrogens with one attached hydrogen (secondary N) is 1. The molecule has 0 amide bonds. The van der Waals surface area contributed by atoms with E-state index < -0.39 is 0 Å². The van der Waals surface area contributed by atoms with Gasteiger partial charge in [-0.1, -0.05) is 24.1 Å². The van der Waals surface area contributed by atoms with Crippen molar-refractivity contribution in [3.8, 4) is 0 Å². The molecular formula is C23H35N5. The number of aromatic nitrogens is 2. The quantitative estimate of drug-likeness (QED) is 0.708. The fraction of sp³-hybridized carbons (Fsp3) is 0.565. The number of aryl methyl sites for hydroxylation is 3. The maximum atomic E-state index is 4.82. The van der Waals surface area contributed by atoms with Crippen LogP contribution >= 0.6 is 0 Å². The Bertz CT molecular complexity index is 768. The minimum Gasteiger partial charge on any atom is -0.357 e. The van der Waals surface area contributed by atoms with Gasteiger partial charge in [0.25, 0.3) is 0 Å². The second kappa shape index (κ2) is 9.87. The lowest BCUT2D eigenvalue weighted by molar-refractivity contribution is 0.227. The van der Waals surface area contributed by atoms with Crippen LogP contribution in [0.4, 0.5) is 17.5 Å². The average Bonchev–Trinajstić information content (AvgIpc) is 2.68. The molecule has 1 aliphatic heterocycles. The average molecular weight is 382 g/mol. The van der Waals surface area contributed by atoms with Crippen LogP contribution in [0.25, 0.3) is 0 Å². The third kappa shape index (κ3) is 5.68. The maximum Gasteiger partial charge on any atom is 0.229 e. The second-order valence-corrected chi connectivity index (χ2v) is 7.97. The summed E-state index contributed by atoms with van der Waals surface area (Å²) in [7, 11) is 0. The largest absolute Gasteiger partial charge is 0.357 e. The van der Waals surface area contributed by atoms with E-state index in [2.05, 4.69) is 65.1 Å². The Morgan fingerprint density at radius 3 is 2.54 bits per heavy atom. The molecule has 0 spiro atoms. The Kier molecular flexibility index (Phi) is 7.26. The van der Waals surface area contributed by atoms with E-state index in [1.165, 1.54) is 56.4 Å². The predicted octanol–water partition coefficient (Wildman–Crippen LogP) is 4.85. The summed E-state index contributed by atoms with van der Waals surface area (Å²) in [6.45, 7) is 14.2. The van der Waals surface area contributed by atoms with Crippen molar-refractivity contribution in [2.75, 3.05) is 42.9 Å².